The lowest BCUT2D eigenvalue weighted by Crippen LogP contribution is -2.20. The van der Waals surface area contributed by atoms with Crippen molar-refractivity contribution < 1.29 is 21.8 Å². The fourth-order valence-corrected chi connectivity index (χ4v) is 3.11. The predicted octanol–water partition coefficient (Wildman–Crippen LogP) is 4.00. The molecule has 0 unspecified atom stereocenters. The van der Waals surface area contributed by atoms with Gasteiger partial charge in [0.1, 0.15) is 11.6 Å². The molecule has 30 heavy (non-hydrogen) atoms. The van der Waals surface area contributed by atoms with Gasteiger partial charge in [-0.3, -0.25) is 4.79 Å². The molecule has 0 saturated heterocycles. The van der Waals surface area contributed by atoms with E-state index in [0.29, 0.717) is 21.9 Å². The summed E-state index contributed by atoms with van der Waals surface area (Å²) in [5.41, 5.74) is 4.36. The summed E-state index contributed by atoms with van der Waals surface area (Å²) in [6.07, 6.45) is 0.951. The van der Waals surface area contributed by atoms with Crippen LogP contribution in [0, 0.1) is 5.82 Å². The molecule has 1 amide bonds. The second kappa shape index (κ2) is 9.06. The smallest absolute Gasteiger partial charge is 0.306 e. The summed E-state index contributed by atoms with van der Waals surface area (Å²) in [4.78, 5) is 12.3. The summed E-state index contributed by atoms with van der Waals surface area (Å²) in [6.45, 7) is 0. The second-order valence-corrected chi connectivity index (χ2v) is 8.24. The molecule has 1 N–H and O–H groups in total. The van der Waals surface area contributed by atoms with E-state index in [-0.39, 0.29) is 11.3 Å². The number of hydrazone groups is 1. The van der Waals surface area contributed by atoms with E-state index < -0.39 is 21.8 Å². The Hall–Kier alpha value is -3.23. The Labute approximate surface area is 178 Å². The highest BCUT2D eigenvalue weighted by molar-refractivity contribution is 7.86. The van der Waals surface area contributed by atoms with Crippen molar-refractivity contribution in [3.05, 3.63) is 100 Å². The number of nitrogens with one attached hydrogen (secondary N) is 1. The van der Waals surface area contributed by atoms with E-state index in [4.69, 9.17) is 15.8 Å². The van der Waals surface area contributed by atoms with Crippen LogP contribution in [0.2, 0.25) is 5.02 Å². The van der Waals surface area contributed by atoms with Gasteiger partial charge in [-0.05, 0) is 60.7 Å². The van der Waals surface area contributed by atoms with Gasteiger partial charge in [0.05, 0.1) is 12.0 Å². The van der Waals surface area contributed by atoms with Gasteiger partial charge in [0.25, 0.3) is 5.91 Å². The molecule has 0 aliphatic rings. The molecule has 0 spiro atoms. The molecule has 0 fully saturated rings. The quantitative estimate of drug-likeness (QED) is 0.352. The molecular formula is C21H16ClFN2O4S. The lowest BCUT2D eigenvalue weighted by atomic mass is 10.0. The third-order valence-corrected chi connectivity index (χ3v) is 4.62. The van der Waals surface area contributed by atoms with Gasteiger partial charge in [-0.25, -0.2) is 9.82 Å². The van der Waals surface area contributed by atoms with Crippen molar-refractivity contribution in [2.24, 2.45) is 5.10 Å². The normalized spacial score (nSPS) is 11.8. The van der Waals surface area contributed by atoms with Crippen molar-refractivity contribution in [2.75, 3.05) is 6.26 Å². The Bertz CT molecular complexity index is 1180. The highest BCUT2D eigenvalue weighted by Gasteiger charge is 2.11. The summed E-state index contributed by atoms with van der Waals surface area (Å²) in [5.74, 6) is -0.821. The Morgan fingerprint density at radius 3 is 1.93 bits per heavy atom. The van der Waals surface area contributed by atoms with Crippen LogP contribution in [0.3, 0.4) is 0 Å². The maximum atomic E-state index is 13.1. The van der Waals surface area contributed by atoms with Crippen LogP contribution >= 0.6 is 11.6 Å². The molecule has 0 aliphatic carbocycles. The minimum Gasteiger partial charge on any atom is -0.383 e. The number of carbonyl (C=O) groups is 1. The maximum absolute atomic E-state index is 13.1. The minimum atomic E-state index is -3.65. The van der Waals surface area contributed by atoms with E-state index in [1.807, 2.05) is 0 Å². The van der Waals surface area contributed by atoms with Gasteiger partial charge >= 0.3 is 10.1 Å². The highest BCUT2D eigenvalue weighted by atomic mass is 35.5. The molecule has 3 aromatic rings. The van der Waals surface area contributed by atoms with Crippen LogP contribution in [0.4, 0.5) is 4.39 Å². The van der Waals surface area contributed by atoms with Crippen LogP contribution < -0.4 is 9.61 Å². The second-order valence-electron chi connectivity index (χ2n) is 6.23. The largest absolute Gasteiger partial charge is 0.383 e. The molecule has 6 nitrogen and oxygen atoms in total. The third-order valence-electron chi connectivity index (χ3n) is 3.87. The summed E-state index contributed by atoms with van der Waals surface area (Å²) in [7, 11) is -3.65. The van der Waals surface area contributed by atoms with E-state index in [1.54, 1.807) is 36.4 Å². The number of amides is 1. The van der Waals surface area contributed by atoms with Crippen molar-refractivity contribution in [1.29, 1.82) is 0 Å². The van der Waals surface area contributed by atoms with Crippen molar-refractivity contribution in [2.45, 2.75) is 0 Å². The zero-order valence-electron chi connectivity index (χ0n) is 15.7. The standard InChI is InChI=1S/C21H16ClFN2O4S/c1-30(27,28)29-19-12-6-15(7-13-19)20(14-2-8-17(22)9-3-14)24-25-21(26)16-4-10-18(23)11-5-16/h2-13H,1H3,(H,25,26). The number of hydrogen-bond donors (Lipinski definition) is 1. The van der Waals surface area contributed by atoms with E-state index in [1.165, 1.54) is 36.4 Å². The van der Waals surface area contributed by atoms with E-state index in [2.05, 4.69) is 10.5 Å². The van der Waals surface area contributed by atoms with Crippen molar-refractivity contribution in [1.82, 2.24) is 5.43 Å². The Morgan fingerprint density at radius 1 is 0.900 bits per heavy atom. The zero-order valence-corrected chi connectivity index (χ0v) is 17.2. The zero-order chi connectivity index (χ0) is 21.7. The first kappa shape index (κ1) is 21.5. The maximum Gasteiger partial charge on any atom is 0.306 e. The monoisotopic (exact) mass is 446 g/mol. The number of nitrogens with zero attached hydrogens (tertiary/aromatic N) is 1. The lowest BCUT2D eigenvalue weighted by Gasteiger charge is -2.10. The Morgan fingerprint density at radius 2 is 1.40 bits per heavy atom. The summed E-state index contributed by atoms with van der Waals surface area (Å²) in [5, 5.41) is 4.75. The van der Waals surface area contributed by atoms with Crippen LogP contribution in [0.15, 0.2) is 77.9 Å². The number of benzene rings is 3. The molecule has 3 rings (SSSR count). The van der Waals surface area contributed by atoms with Gasteiger partial charge in [0.2, 0.25) is 0 Å². The Kier molecular flexibility index (Phi) is 6.49. The van der Waals surface area contributed by atoms with Gasteiger partial charge in [-0.15, -0.1) is 0 Å². The highest BCUT2D eigenvalue weighted by Crippen LogP contribution is 2.19. The molecule has 0 aliphatic heterocycles. The first-order valence-electron chi connectivity index (χ1n) is 8.61. The average Bonchev–Trinajstić information content (AvgIpc) is 2.70. The van der Waals surface area contributed by atoms with E-state index in [0.717, 1.165) is 6.26 Å². The molecule has 3 aromatic carbocycles. The van der Waals surface area contributed by atoms with Gasteiger partial charge in [0.15, 0.2) is 0 Å². The van der Waals surface area contributed by atoms with E-state index in [9.17, 15) is 17.6 Å². The molecule has 154 valence electrons. The van der Waals surface area contributed by atoms with Gasteiger partial charge in [-0.2, -0.15) is 13.5 Å². The van der Waals surface area contributed by atoms with Crippen LogP contribution in [0.25, 0.3) is 0 Å². The predicted molar refractivity (Wildman–Crippen MR) is 113 cm³/mol. The van der Waals surface area contributed by atoms with Crippen LogP contribution in [0.5, 0.6) is 5.75 Å². The summed E-state index contributed by atoms with van der Waals surface area (Å²) < 4.78 is 40.4. The number of rotatable bonds is 6. The first-order valence-corrected chi connectivity index (χ1v) is 10.8. The number of hydrogen-bond acceptors (Lipinski definition) is 5. The minimum absolute atomic E-state index is 0.145. The molecule has 0 saturated carbocycles. The molecule has 0 radical (unpaired) electrons. The molecule has 0 bridgehead atoms. The Balaban J connectivity index is 1.92. The fraction of sp³-hybridized carbons (Fsp3) is 0.0476. The van der Waals surface area contributed by atoms with Crippen molar-refractivity contribution in [3.63, 3.8) is 0 Å². The summed E-state index contributed by atoms with van der Waals surface area (Å²) >= 11 is 5.95. The van der Waals surface area contributed by atoms with Gasteiger partial charge in [-0.1, -0.05) is 23.7 Å². The lowest BCUT2D eigenvalue weighted by molar-refractivity contribution is 0.0955. The van der Waals surface area contributed by atoms with E-state index >= 15 is 0 Å². The molecule has 0 aromatic heterocycles. The third kappa shape index (κ3) is 5.88. The number of halogens is 2. The fourth-order valence-electron chi connectivity index (χ4n) is 2.52. The van der Waals surface area contributed by atoms with Crippen LogP contribution in [-0.2, 0) is 10.1 Å². The van der Waals surface area contributed by atoms with Crippen molar-refractivity contribution >= 4 is 33.3 Å². The first-order chi connectivity index (χ1) is 14.2. The van der Waals surface area contributed by atoms with Gasteiger partial charge in [0, 0.05) is 21.7 Å². The SMILES string of the molecule is CS(=O)(=O)Oc1ccc(C(=NNC(=O)c2ccc(F)cc2)c2ccc(Cl)cc2)cc1. The topological polar surface area (TPSA) is 84.8 Å². The summed E-state index contributed by atoms with van der Waals surface area (Å²) in [6, 6.07) is 18.0. The van der Waals surface area contributed by atoms with Crippen LogP contribution in [0.1, 0.15) is 21.5 Å². The molecule has 9 heteroatoms. The average molecular weight is 447 g/mol. The molecule has 0 heterocycles. The number of carbonyl (C=O) groups excluding carboxylic acids is 1. The molecular weight excluding hydrogens is 431 g/mol. The van der Waals surface area contributed by atoms with Crippen LogP contribution in [-0.4, -0.2) is 26.3 Å². The van der Waals surface area contributed by atoms with Crippen molar-refractivity contribution in [3.8, 4) is 5.75 Å². The van der Waals surface area contributed by atoms with Gasteiger partial charge < -0.3 is 4.18 Å². The molecule has 0 atom stereocenters.